The second-order valence-corrected chi connectivity index (χ2v) is 5.01. The van der Waals surface area contributed by atoms with Crippen molar-refractivity contribution < 1.29 is 14.3 Å². The van der Waals surface area contributed by atoms with Crippen LogP contribution in [0, 0.1) is 18.3 Å². The minimum Gasteiger partial charge on any atom is -0.493 e. The summed E-state index contributed by atoms with van der Waals surface area (Å²) in [5.41, 5.74) is 5.03. The summed E-state index contributed by atoms with van der Waals surface area (Å²) in [7, 11) is 4.83. The predicted molar refractivity (Wildman–Crippen MR) is 89.5 cm³/mol. The first-order chi connectivity index (χ1) is 11.5. The minimum absolute atomic E-state index is 0.374. The first kappa shape index (κ1) is 17.1. The zero-order chi connectivity index (χ0) is 17.7. The second-order valence-electron chi connectivity index (χ2n) is 5.01. The van der Waals surface area contributed by atoms with E-state index in [0.717, 1.165) is 11.3 Å². The molecule has 7 nitrogen and oxygen atoms in total. The highest BCUT2D eigenvalue weighted by molar-refractivity contribution is 5.95. The van der Waals surface area contributed by atoms with Crippen LogP contribution in [0.5, 0.6) is 11.5 Å². The third-order valence-corrected chi connectivity index (χ3v) is 3.70. The van der Waals surface area contributed by atoms with Crippen molar-refractivity contribution in [1.29, 1.82) is 5.26 Å². The zero-order valence-electron chi connectivity index (χ0n) is 14.0. The number of aromatic nitrogens is 1. The molecule has 7 heteroatoms. The van der Waals surface area contributed by atoms with Gasteiger partial charge in [-0.25, -0.2) is 5.43 Å². The van der Waals surface area contributed by atoms with E-state index in [0.29, 0.717) is 22.8 Å². The van der Waals surface area contributed by atoms with Crippen LogP contribution in [0.2, 0.25) is 0 Å². The Labute approximate surface area is 140 Å². The molecule has 0 unspecified atom stereocenters. The normalized spacial score (nSPS) is 10.5. The lowest BCUT2D eigenvalue weighted by atomic mass is 10.2. The molecule has 24 heavy (non-hydrogen) atoms. The van der Waals surface area contributed by atoms with Crippen molar-refractivity contribution in [2.24, 2.45) is 12.1 Å². The molecule has 0 fully saturated rings. The molecule has 2 rings (SSSR count). The molecule has 0 aliphatic heterocycles. The van der Waals surface area contributed by atoms with Crippen LogP contribution in [0.1, 0.15) is 27.3 Å². The Kier molecular flexibility index (Phi) is 5.22. The molecule has 1 aromatic heterocycles. The average Bonchev–Trinajstić information content (AvgIpc) is 2.88. The summed E-state index contributed by atoms with van der Waals surface area (Å²) >= 11 is 0. The summed E-state index contributed by atoms with van der Waals surface area (Å²) in [5.74, 6) is 0.634. The van der Waals surface area contributed by atoms with E-state index in [-0.39, 0.29) is 5.91 Å². The van der Waals surface area contributed by atoms with Crippen LogP contribution in [0.3, 0.4) is 0 Å². The third kappa shape index (κ3) is 3.38. The Balaban J connectivity index is 2.12. The van der Waals surface area contributed by atoms with E-state index in [4.69, 9.17) is 14.7 Å². The average molecular weight is 326 g/mol. The molecule has 0 spiro atoms. The van der Waals surface area contributed by atoms with Crippen LogP contribution in [-0.4, -0.2) is 30.9 Å². The van der Waals surface area contributed by atoms with Gasteiger partial charge >= 0.3 is 0 Å². The maximum Gasteiger partial charge on any atom is 0.271 e. The van der Waals surface area contributed by atoms with Gasteiger partial charge in [0.15, 0.2) is 11.5 Å². The third-order valence-electron chi connectivity index (χ3n) is 3.70. The lowest BCUT2D eigenvalue weighted by molar-refractivity contribution is 0.0954. The molecule has 0 aliphatic rings. The number of nitrogens with one attached hydrogen (secondary N) is 1. The molecule has 124 valence electrons. The van der Waals surface area contributed by atoms with Crippen molar-refractivity contribution >= 4 is 12.1 Å². The molecular formula is C17H18N4O3. The van der Waals surface area contributed by atoms with Crippen molar-refractivity contribution in [2.75, 3.05) is 14.2 Å². The van der Waals surface area contributed by atoms with Crippen molar-refractivity contribution in [3.05, 3.63) is 46.8 Å². The lowest BCUT2D eigenvalue weighted by Crippen LogP contribution is -2.17. The molecular weight excluding hydrogens is 308 g/mol. The van der Waals surface area contributed by atoms with Crippen LogP contribution in [0.4, 0.5) is 0 Å². The Morgan fingerprint density at radius 1 is 1.29 bits per heavy atom. The highest BCUT2D eigenvalue weighted by Gasteiger charge is 2.10. The molecule has 0 atom stereocenters. The summed E-state index contributed by atoms with van der Waals surface area (Å²) in [6.45, 7) is 1.87. The van der Waals surface area contributed by atoms with E-state index in [9.17, 15) is 4.79 Å². The summed E-state index contributed by atoms with van der Waals surface area (Å²) in [5, 5.41) is 12.9. The number of methoxy groups -OCH3 is 2. The summed E-state index contributed by atoms with van der Waals surface area (Å²) < 4.78 is 12.1. The first-order valence-electron chi connectivity index (χ1n) is 7.13. The Bertz CT molecular complexity index is 831. The number of nitrogens with zero attached hydrogens (tertiary/aromatic N) is 3. The molecule has 2 aromatic rings. The van der Waals surface area contributed by atoms with Gasteiger partial charge in [-0.15, -0.1) is 0 Å². The Morgan fingerprint density at radius 2 is 2.00 bits per heavy atom. The topological polar surface area (TPSA) is 88.6 Å². The van der Waals surface area contributed by atoms with Crippen molar-refractivity contribution in [3.63, 3.8) is 0 Å². The van der Waals surface area contributed by atoms with Crippen LogP contribution < -0.4 is 14.9 Å². The molecule has 0 radical (unpaired) electrons. The van der Waals surface area contributed by atoms with Gasteiger partial charge in [0.25, 0.3) is 5.91 Å². The lowest BCUT2D eigenvalue weighted by Gasteiger charge is -2.08. The number of carbonyl (C=O) groups is 1. The van der Waals surface area contributed by atoms with E-state index in [1.807, 2.05) is 6.92 Å². The van der Waals surface area contributed by atoms with Crippen LogP contribution in [-0.2, 0) is 7.05 Å². The summed E-state index contributed by atoms with van der Waals surface area (Å²) in [6.07, 6.45) is 1.51. The number of nitriles is 1. The van der Waals surface area contributed by atoms with Crippen LogP contribution >= 0.6 is 0 Å². The molecule has 0 bridgehead atoms. The van der Waals surface area contributed by atoms with Crippen molar-refractivity contribution in [3.8, 4) is 17.6 Å². The zero-order valence-corrected chi connectivity index (χ0v) is 14.0. The molecule has 1 aromatic carbocycles. The summed E-state index contributed by atoms with van der Waals surface area (Å²) in [6, 6.07) is 8.65. The fourth-order valence-corrected chi connectivity index (χ4v) is 2.16. The van der Waals surface area contributed by atoms with E-state index in [1.54, 1.807) is 35.9 Å². The molecule has 0 saturated heterocycles. The number of hydrogen-bond acceptors (Lipinski definition) is 5. The SMILES string of the molecule is COc1ccc(C(=O)N/N=C\c2cc(C#N)n(C)c2C)cc1OC. The Morgan fingerprint density at radius 3 is 2.58 bits per heavy atom. The largest absolute Gasteiger partial charge is 0.493 e. The number of ether oxygens (including phenoxy) is 2. The monoisotopic (exact) mass is 326 g/mol. The predicted octanol–water partition coefficient (Wildman–Crippen LogP) is 1.99. The molecule has 1 amide bonds. The fourth-order valence-electron chi connectivity index (χ4n) is 2.16. The van der Waals surface area contributed by atoms with Gasteiger partial charge < -0.3 is 14.0 Å². The maximum absolute atomic E-state index is 12.1. The quantitative estimate of drug-likeness (QED) is 0.672. The fraction of sp³-hybridized carbons (Fsp3) is 0.235. The highest BCUT2D eigenvalue weighted by atomic mass is 16.5. The van der Waals surface area contributed by atoms with Crippen LogP contribution in [0.15, 0.2) is 29.4 Å². The molecule has 1 N–H and O–H groups in total. The van der Waals surface area contributed by atoms with Gasteiger partial charge in [-0.05, 0) is 31.2 Å². The second kappa shape index (κ2) is 7.33. The Hall–Kier alpha value is -3.27. The highest BCUT2D eigenvalue weighted by Crippen LogP contribution is 2.27. The standard InChI is InChI=1S/C17H18N4O3/c1-11-13(7-14(9-18)21(11)2)10-19-20-17(22)12-5-6-15(23-3)16(8-12)24-4/h5-8,10H,1-4H3,(H,20,22)/b19-10-. The number of rotatable bonds is 5. The van der Waals surface area contributed by atoms with Crippen molar-refractivity contribution in [2.45, 2.75) is 6.92 Å². The van der Waals surface area contributed by atoms with Gasteiger partial charge in [-0.2, -0.15) is 10.4 Å². The van der Waals surface area contributed by atoms with E-state index < -0.39 is 0 Å². The molecule has 1 heterocycles. The van der Waals surface area contributed by atoms with Gasteiger partial charge in [0.1, 0.15) is 11.8 Å². The van der Waals surface area contributed by atoms with Gasteiger partial charge in [0.05, 0.1) is 20.4 Å². The molecule has 0 aliphatic carbocycles. The van der Waals surface area contributed by atoms with E-state index in [2.05, 4.69) is 16.6 Å². The minimum atomic E-state index is -0.374. The van der Waals surface area contributed by atoms with E-state index in [1.165, 1.54) is 20.4 Å². The molecule has 0 saturated carbocycles. The number of hydrazone groups is 1. The summed E-state index contributed by atoms with van der Waals surface area (Å²) in [4.78, 5) is 12.1. The number of benzene rings is 1. The first-order valence-corrected chi connectivity index (χ1v) is 7.13. The van der Waals surface area contributed by atoms with E-state index >= 15 is 0 Å². The smallest absolute Gasteiger partial charge is 0.271 e. The van der Waals surface area contributed by atoms with Gasteiger partial charge in [0, 0.05) is 23.9 Å². The number of amides is 1. The van der Waals surface area contributed by atoms with Gasteiger partial charge in [-0.1, -0.05) is 0 Å². The van der Waals surface area contributed by atoms with Crippen LogP contribution in [0.25, 0.3) is 0 Å². The number of hydrogen-bond donors (Lipinski definition) is 1. The number of carbonyl (C=O) groups excluding carboxylic acids is 1. The maximum atomic E-state index is 12.1. The van der Waals surface area contributed by atoms with Gasteiger partial charge in [-0.3, -0.25) is 4.79 Å². The van der Waals surface area contributed by atoms with Gasteiger partial charge in [0.2, 0.25) is 0 Å². The van der Waals surface area contributed by atoms with Crippen molar-refractivity contribution in [1.82, 2.24) is 9.99 Å².